The summed E-state index contributed by atoms with van der Waals surface area (Å²) in [7, 11) is 0. The number of nitrogens with zero attached hydrogens (tertiary/aromatic N) is 3. The maximum Gasteiger partial charge on any atom is 0.435 e. The van der Waals surface area contributed by atoms with Gasteiger partial charge in [0.15, 0.2) is 0 Å². The van der Waals surface area contributed by atoms with E-state index in [1.54, 1.807) is 0 Å². The van der Waals surface area contributed by atoms with Crippen molar-refractivity contribution >= 4 is 17.5 Å². The van der Waals surface area contributed by atoms with E-state index in [1.807, 2.05) is 0 Å². The second kappa shape index (κ2) is 4.20. The Morgan fingerprint density at radius 1 is 1.77 bits per heavy atom. The molecule has 7 heteroatoms. The summed E-state index contributed by atoms with van der Waals surface area (Å²) in [5.41, 5.74) is 0.559. The first-order valence-electron chi connectivity index (χ1n) is 3.56. The van der Waals surface area contributed by atoms with Crippen LogP contribution in [0.3, 0.4) is 0 Å². The Labute approximate surface area is 78.9 Å². The average molecular weight is 206 g/mol. The number of hydrogen-bond acceptors (Lipinski definition) is 4. The van der Waals surface area contributed by atoms with Gasteiger partial charge in [-0.05, 0) is 4.92 Å². The minimum atomic E-state index is -0.608. The highest BCUT2D eigenvalue weighted by atomic mass is 35.5. The van der Waals surface area contributed by atoms with Gasteiger partial charge in [0.2, 0.25) is 0 Å². The fraction of sp³-hybridized carbons (Fsp3) is 0.500. The number of aliphatic hydroxyl groups excluding tert-OH is 1. The monoisotopic (exact) mass is 205 g/mol. The Bertz CT molecular complexity index is 312. The number of nitro groups is 1. The van der Waals surface area contributed by atoms with Gasteiger partial charge in [0.25, 0.3) is 0 Å². The molecule has 0 saturated carbocycles. The number of aliphatic hydroxyl groups is 1. The van der Waals surface area contributed by atoms with Crippen LogP contribution in [0.4, 0.5) is 5.95 Å². The van der Waals surface area contributed by atoms with Crippen LogP contribution in [0.15, 0.2) is 6.20 Å². The zero-order chi connectivity index (χ0) is 9.84. The fourth-order valence-electron chi connectivity index (χ4n) is 0.990. The van der Waals surface area contributed by atoms with Crippen molar-refractivity contribution in [2.24, 2.45) is 0 Å². The summed E-state index contributed by atoms with van der Waals surface area (Å²) >= 11 is 5.50. The third-order valence-corrected chi connectivity index (χ3v) is 1.81. The fourth-order valence-corrected chi connectivity index (χ4v) is 1.25. The first-order chi connectivity index (χ1) is 6.20. The quantitative estimate of drug-likeness (QED) is 0.442. The summed E-state index contributed by atoms with van der Waals surface area (Å²) in [4.78, 5) is 13.4. The van der Waals surface area contributed by atoms with E-state index in [1.165, 1.54) is 10.8 Å². The minimum absolute atomic E-state index is 0.0361. The highest BCUT2D eigenvalue weighted by molar-refractivity contribution is 6.15. The average Bonchev–Trinajstić information content (AvgIpc) is 2.48. The van der Waals surface area contributed by atoms with Crippen molar-refractivity contribution in [2.75, 3.05) is 6.61 Å². The molecular formula is C6H8ClN3O3. The molecule has 1 aromatic heterocycles. The highest BCUT2D eigenvalue weighted by Crippen LogP contribution is 2.14. The smallest absolute Gasteiger partial charge is 0.396 e. The molecule has 1 N–H and O–H groups in total. The van der Waals surface area contributed by atoms with Crippen LogP contribution < -0.4 is 0 Å². The lowest BCUT2D eigenvalue weighted by Gasteiger charge is -1.99. The predicted molar refractivity (Wildman–Crippen MR) is 45.5 cm³/mol. The molecule has 1 heterocycles. The first-order valence-corrected chi connectivity index (χ1v) is 4.09. The molecule has 0 bridgehead atoms. The van der Waals surface area contributed by atoms with E-state index in [-0.39, 0.29) is 18.6 Å². The van der Waals surface area contributed by atoms with E-state index in [4.69, 9.17) is 16.7 Å². The molecule has 0 unspecified atom stereocenters. The Hall–Kier alpha value is -1.14. The summed E-state index contributed by atoms with van der Waals surface area (Å²) in [5.74, 6) is -0.293. The molecule has 0 aliphatic rings. The predicted octanol–water partition coefficient (Wildman–Crippen LogP) is 0.522. The number of hydrogen-bond donors (Lipinski definition) is 1. The lowest BCUT2D eigenvalue weighted by molar-refractivity contribution is -0.396. The molecular weight excluding hydrogens is 198 g/mol. The van der Waals surface area contributed by atoms with Gasteiger partial charge in [-0.3, -0.25) is 0 Å². The summed E-state index contributed by atoms with van der Waals surface area (Å²) in [6, 6.07) is -0.0361. The van der Waals surface area contributed by atoms with Crippen LogP contribution >= 0.6 is 11.6 Å². The van der Waals surface area contributed by atoms with E-state index >= 15 is 0 Å². The second-order valence-corrected chi connectivity index (χ2v) is 2.57. The molecule has 0 aliphatic heterocycles. The molecule has 1 rings (SSSR count). The molecule has 0 saturated heterocycles. The van der Waals surface area contributed by atoms with Crippen molar-refractivity contribution in [2.45, 2.75) is 12.4 Å². The minimum Gasteiger partial charge on any atom is -0.396 e. The molecule has 13 heavy (non-hydrogen) atoms. The SMILES string of the molecule is O=[N+]([O-])c1ncc(CCO)n1CCl. The number of halogens is 1. The zero-order valence-electron chi connectivity index (χ0n) is 6.68. The normalized spacial score (nSPS) is 10.3. The Kier molecular flexibility index (Phi) is 3.21. The van der Waals surface area contributed by atoms with Crippen LogP contribution in [-0.2, 0) is 12.4 Å². The van der Waals surface area contributed by atoms with Crippen LogP contribution in [0.2, 0.25) is 0 Å². The van der Waals surface area contributed by atoms with Crippen molar-refractivity contribution in [1.82, 2.24) is 9.55 Å². The standard InChI is InChI=1S/C6H8ClN3O3/c7-4-9-5(1-2-11)3-8-6(9)10(12)13/h3,11H,1-2,4H2. The van der Waals surface area contributed by atoms with Gasteiger partial charge in [-0.1, -0.05) is 16.6 Å². The molecule has 0 atom stereocenters. The highest BCUT2D eigenvalue weighted by Gasteiger charge is 2.18. The number of rotatable bonds is 4. The molecule has 6 nitrogen and oxygen atoms in total. The van der Waals surface area contributed by atoms with E-state index in [0.29, 0.717) is 12.1 Å². The number of alkyl halides is 1. The van der Waals surface area contributed by atoms with Gasteiger partial charge in [0.05, 0.1) is 6.61 Å². The number of imidazole rings is 1. The Morgan fingerprint density at radius 3 is 2.92 bits per heavy atom. The molecule has 0 radical (unpaired) electrons. The molecule has 0 aliphatic carbocycles. The zero-order valence-corrected chi connectivity index (χ0v) is 7.44. The van der Waals surface area contributed by atoms with Crippen LogP contribution in [0.25, 0.3) is 0 Å². The van der Waals surface area contributed by atoms with Gasteiger partial charge in [-0.2, -0.15) is 0 Å². The Morgan fingerprint density at radius 2 is 2.46 bits per heavy atom. The van der Waals surface area contributed by atoms with Crippen molar-refractivity contribution in [3.63, 3.8) is 0 Å². The third-order valence-electron chi connectivity index (χ3n) is 1.57. The summed E-state index contributed by atoms with van der Waals surface area (Å²) in [5, 5.41) is 19.0. The van der Waals surface area contributed by atoms with Crippen molar-refractivity contribution in [1.29, 1.82) is 0 Å². The van der Waals surface area contributed by atoms with E-state index in [0.717, 1.165) is 0 Å². The lowest BCUT2D eigenvalue weighted by atomic mass is 10.3. The Balaban J connectivity index is 3.03. The van der Waals surface area contributed by atoms with Gasteiger partial charge in [0, 0.05) is 6.42 Å². The van der Waals surface area contributed by atoms with Gasteiger partial charge < -0.3 is 15.2 Å². The van der Waals surface area contributed by atoms with Gasteiger partial charge in [0.1, 0.15) is 17.9 Å². The summed E-state index contributed by atoms with van der Waals surface area (Å²) in [6.07, 6.45) is 1.66. The largest absolute Gasteiger partial charge is 0.435 e. The third kappa shape index (κ3) is 1.96. The molecule has 1 aromatic rings. The maximum absolute atomic E-state index is 10.4. The lowest BCUT2D eigenvalue weighted by Crippen LogP contribution is -2.05. The van der Waals surface area contributed by atoms with Crippen LogP contribution in [-0.4, -0.2) is 26.2 Å². The molecule has 72 valence electrons. The van der Waals surface area contributed by atoms with Crippen LogP contribution in [0.5, 0.6) is 0 Å². The van der Waals surface area contributed by atoms with E-state index in [2.05, 4.69) is 4.98 Å². The summed E-state index contributed by atoms with van der Waals surface area (Å²) in [6.45, 7) is -0.0836. The topological polar surface area (TPSA) is 81.2 Å². The van der Waals surface area contributed by atoms with Crippen molar-refractivity contribution < 1.29 is 10.0 Å². The molecule has 0 amide bonds. The van der Waals surface area contributed by atoms with Gasteiger partial charge >= 0.3 is 5.95 Å². The van der Waals surface area contributed by atoms with Crippen LogP contribution in [0.1, 0.15) is 5.69 Å². The van der Waals surface area contributed by atoms with Gasteiger partial charge in [-0.15, -0.1) is 0 Å². The first kappa shape index (κ1) is 9.94. The molecule has 0 fully saturated rings. The van der Waals surface area contributed by atoms with E-state index in [9.17, 15) is 10.1 Å². The maximum atomic E-state index is 10.4. The van der Waals surface area contributed by atoms with Crippen LogP contribution in [0, 0.1) is 10.1 Å². The van der Waals surface area contributed by atoms with Gasteiger partial charge in [-0.25, -0.2) is 4.57 Å². The molecule has 0 aromatic carbocycles. The second-order valence-electron chi connectivity index (χ2n) is 2.33. The summed E-state index contributed by atoms with van der Waals surface area (Å²) < 4.78 is 1.25. The number of aromatic nitrogens is 2. The molecule has 0 spiro atoms. The van der Waals surface area contributed by atoms with E-state index < -0.39 is 4.92 Å². The van der Waals surface area contributed by atoms with Crippen molar-refractivity contribution in [3.05, 3.63) is 22.0 Å². The van der Waals surface area contributed by atoms with Crippen molar-refractivity contribution in [3.8, 4) is 0 Å².